The fourth-order valence-electron chi connectivity index (χ4n) is 3.03. The molecule has 0 spiro atoms. The number of aromatic nitrogens is 2. The second-order valence-electron chi connectivity index (χ2n) is 6.73. The van der Waals surface area contributed by atoms with Crippen LogP contribution < -0.4 is 10.1 Å². The molecule has 0 aliphatic carbocycles. The van der Waals surface area contributed by atoms with Gasteiger partial charge in [-0.25, -0.2) is 9.97 Å². The van der Waals surface area contributed by atoms with Crippen molar-refractivity contribution in [2.45, 2.75) is 11.1 Å². The second kappa shape index (κ2) is 10.7. The summed E-state index contributed by atoms with van der Waals surface area (Å²) in [5.74, 6) is -0.559. The van der Waals surface area contributed by atoms with Crippen molar-refractivity contribution in [3.8, 4) is 5.75 Å². The third-order valence-electron chi connectivity index (χ3n) is 4.56. The van der Waals surface area contributed by atoms with Crippen molar-refractivity contribution in [3.05, 3.63) is 76.9 Å². The lowest BCUT2D eigenvalue weighted by Crippen LogP contribution is -2.26. The Morgan fingerprint density at radius 2 is 1.97 bits per heavy atom. The van der Waals surface area contributed by atoms with Gasteiger partial charge in [-0.1, -0.05) is 53.7 Å². The van der Waals surface area contributed by atoms with Crippen molar-refractivity contribution in [2.75, 3.05) is 18.2 Å². The number of halogens is 1. The maximum Gasteiger partial charge on any atom is 0.317 e. The van der Waals surface area contributed by atoms with Crippen LogP contribution in [-0.2, 0) is 14.3 Å². The smallest absolute Gasteiger partial charge is 0.317 e. The number of rotatable bonds is 8. The Balaban J connectivity index is 1.47. The summed E-state index contributed by atoms with van der Waals surface area (Å²) in [5, 5.41) is 6.59. The van der Waals surface area contributed by atoms with Crippen molar-refractivity contribution in [2.24, 2.45) is 0 Å². The SMILES string of the molecule is COc1ccc(NC(=O)C(OC(=O)CSc2ncnc3sccc23)c2ccccc2)cc1Cl. The number of ether oxygens (including phenoxy) is 2. The fourth-order valence-corrected chi connectivity index (χ4v) is 4.85. The van der Waals surface area contributed by atoms with Gasteiger partial charge in [-0.15, -0.1) is 11.3 Å². The Kier molecular flexibility index (Phi) is 7.43. The molecule has 0 aliphatic heterocycles. The largest absolute Gasteiger partial charge is 0.495 e. The molecule has 1 atom stereocenters. The van der Waals surface area contributed by atoms with Crippen LogP contribution >= 0.6 is 34.7 Å². The molecule has 4 rings (SSSR count). The van der Waals surface area contributed by atoms with E-state index in [0.29, 0.717) is 27.0 Å². The highest BCUT2D eigenvalue weighted by Gasteiger charge is 2.25. The number of nitrogens with zero attached hydrogens (tertiary/aromatic N) is 2. The number of thioether (sulfide) groups is 1. The van der Waals surface area contributed by atoms with E-state index in [2.05, 4.69) is 15.3 Å². The first kappa shape index (κ1) is 23.0. The van der Waals surface area contributed by atoms with Crippen molar-refractivity contribution in [3.63, 3.8) is 0 Å². The van der Waals surface area contributed by atoms with Crippen molar-refractivity contribution < 1.29 is 19.1 Å². The van der Waals surface area contributed by atoms with Crippen molar-refractivity contribution in [1.82, 2.24) is 9.97 Å². The van der Waals surface area contributed by atoms with Crippen LogP contribution in [0.25, 0.3) is 10.2 Å². The number of nitrogens with one attached hydrogen (secondary N) is 1. The number of fused-ring (bicyclic) bond motifs is 1. The molecule has 0 aliphatic rings. The molecular weight excluding hydrogens is 482 g/mol. The summed E-state index contributed by atoms with van der Waals surface area (Å²) in [7, 11) is 1.51. The summed E-state index contributed by atoms with van der Waals surface area (Å²) in [4.78, 5) is 35.0. The highest BCUT2D eigenvalue weighted by atomic mass is 35.5. The number of carbonyl (C=O) groups is 2. The zero-order valence-corrected chi connectivity index (χ0v) is 19.7. The summed E-state index contributed by atoms with van der Waals surface area (Å²) in [5.41, 5.74) is 1.01. The molecule has 4 aromatic rings. The molecule has 2 aromatic heterocycles. The van der Waals surface area contributed by atoms with E-state index in [4.69, 9.17) is 21.1 Å². The molecule has 7 nitrogen and oxygen atoms in total. The molecule has 10 heteroatoms. The van der Waals surface area contributed by atoms with Crippen molar-refractivity contribution in [1.29, 1.82) is 0 Å². The lowest BCUT2D eigenvalue weighted by atomic mass is 10.1. The lowest BCUT2D eigenvalue weighted by molar-refractivity contribution is -0.152. The predicted molar refractivity (Wildman–Crippen MR) is 130 cm³/mol. The molecule has 1 unspecified atom stereocenters. The van der Waals surface area contributed by atoms with E-state index in [-0.39, 0.29) is 5.75 Å². The van der Waals surface area contributed by atoms with Crippen LogP contribution in [0.2, 0.25) is 5.02 Å². The van der Waals surface area contributed by atoms with Crippen LogP contribution in [0.5, 0.6) is 5.75 Å². The quantitative estimate of drug-likeness (QED) is 0.198. The van der Waals surface area contributed by atoms with Crippen LogP contribution in [0.15, 0.2) is 71.3 Å². The van der Waals surface area contributed by atoms with E-state index in [1.54, 1.807) is 42.5 Å². The number of hydrogen-bond donors (Lipinski definition) is 1. The predicted octanol–water partition coefficient (Wildman–Crippen LogP) is 5.37. The van der Waals surface area contributed by atoms with Gasteiger partial charge in [0.05, 0.1) is 17.9 Å². The average molecular weight is 500 g/mol. The average Bonchev–Trinajstić information content (AvgIpc) is 3.31. The first-order valence-electron chi connectivity index (χ1n) is 9.75. The third-order valence-corrected chi connectivity index (χ3v) is 6.66. The zero-order valence-electron chi connectivity index (χ0n) is 17.4. The topological polar surface area (TPSA) is 90.4 Å². The normalized spacial score (nSPS) is 11.7. The Bertz CT molecular complexity index is 1280. The van der Waals surface area contributed by atoms with Gasteiger partial charge in [-0.3, -0.25) is 9.59 Å². The van der Waals surface area contributed by atoms with Crippen LogP contribution in [0.3, 0.4) is 0 Å². The Labute approximate surface area is 203 Å². The minimum Gasteiger partial charge on any atom is -0.495 e. The van der Waals surface area contributed by atoms with Gasteiger partial charge in [0.2, 0.25) is 6.10 Å². The standard InChI is InChI=1S/C23H18ClN3O4S2/c1-30-18-8-7-15(11-17(18)24)27-21(29)20(14-5-3-2-4-6-14)31-19(28)12-33-23-16-9-10-32-22(16)25-13-26-23/h2-11,13,20H,12H2,1H3,(H,27,29). The minimum absolute atomic E-state index is 0.00701. The van der Waals surface area contributed by atoms with Gasteiger partial charge in [0.25, 0.3) is 5.91 Å². The molecule has 1 N–H and O–H groups in total. The number of anilines is 1. The van der Waals surface area contributed by atoms with E-state index in [9.17, 15) is 9.59 Å². The van der Waals surface area contributed by atoms with Gasteiger partial charge in [-0.05, 0) is 29.6 Å². The first-order valence-corrected chi connectivity index (χ1v) is 12.0. The lowest BCUT2D eigenvalue weighted by Gasteiger charge is -2.18. The summed E-state index contributed by atoms with van der Waals surface area (Å²) in [6.07, 6.45) is 0.332. The van der Waals surface area contributed by atoms with Crippen LogP contribution in [-0.4, -0.2) is 34.7 Å². The highest BCUT2D eigenvalue weighted by Crippen LogP contribution is 2.30. The molecule has 2 aromatic carbocycles. The summed E-state index contributed by atoms with van der Waals surface area (Å²) in [6, 6.07) is 15.6. The number of esters is 1. The third kappa shape index (κ3) is 5.62. The van der Waals surface area contributed by atoms with Gasteiger partial charge >= 0.3 is 5.97 Å². The monoisotopic (exact) mass is 499 g/mol. The summed E-state index contributed by atoms with van der Waals surface area (Å²) >= 11 is 8.89. The summed E-state index contributed by atoms with van der Waals surface area (Å²) < 4.78 is 10.7. The molecular formula is C23H18ClN3O4S2. The number of hydrogen-bond acceptors (Lipinski definition) is 8. The Morgan fingerprint density at radius 1 is 1.15 bits per heavy atom. The number of thiophene rings is 1. The maximum atomic E-state index is 13.0. The Morgan fingerprint density at radius 3 is 2.73 bits per heavy atom. The summed E-state index contributed by atoms with van der Waals surface area (Å²) in [6.45, 7) is 0. The maximum absolute atomic E-state index is 13.0. The number of methoxy groups -OCH3 is 1. The number of carbonyl (C=O) groups excluding carboxylic acids is 2. The van der Waals surface area contributed by atoms with E-state index >= 15 is 0 Å². The van der Waals surface area contributed by atoms with E-state index in [1.807, 2.05) is 17.5 Å². The molecule has 0 saturated carbocycles. The van der Waals surface area contributed by atoms with E-state index in [1.165, 1.54) is 36.5 Å². The number of amides is 1. The van der Waals surface area contributed by atoms with Crippen LogP contribution in [0.4, 0.5) is 5.69 Å². The first-order chi connectivity index (χ1) is 16.0. The molecule has 168 valence electrons. The second-order valence-corrected chi connectivity index (χ2v) is 8.99. The molecule has 0 bridgehead atoms. The number of benzene rings is 2. The van der Waals surface area contributed by atoms with Crippen LogP contribution in [0.1, 0.15) is 11.7 Å². The highest BCUT2D eigenvalue weighted by molar-refractivity contribution is 8.00. The fraction of sp³-hybridized carbons (Fsp3) is 0.130. The molecule has 33 heavy (non-hydrogen) atoms. The minimum atomic E-state index is -1.13. The molecule has 0 radical (unpaired) electrons. The van der Waals surface area contributed by atoms with E-state index in [0.717, 1.165) is 10.2 Å². The van der Waals surface area contributed by atoms with Crippen molar-refractivity contribution >= 4 is 62.5 Å². The van der Waals surface area contributed by atoms with Gasteiger partial charge in [0, 0.05) is 16.6 Å². The van der Waals surface area contributed by atoms with Gasteiger partial charge in [0.1, 0.15) is 21.9 Å². The zero-order chi connectivity index (χ0) is 23.2. The molecule has 0 saturated heterocycles. The van der Waals surface area contributed by atoms with Crippen LogP contribution in [0, 0.1) is 0 Å². The van der Waals surface area contributed by atoms with Gasteiger partial charge in [-0.2, -0.15) is 0 Å². The Hall–Kier alpha value is -3.14. The van der Waals surface area contributed by atoms with E-state index < -0.39 is 18.0 Å². The molecule has 2 heterocycles. The molecule has 0 fully saturated rings. The van der Waals surface area contributed by atoms with Gasteiger partial charge in [0.15, 0.2) is 0 Å². The van der Waals surface area contributed by atoms with Gasteiger partial charge < -0.3 is 14.8 Å². The molecule has 1 amide bonds.